The molecule has 0 radical (unpaired) electrons. The molecule has 3 nitrogen and oxygen atoms in total. The molecule has 0 aliphatic heterocycles. The van der Waals surface area contributed by atoms with Crippen molar-refractivity contribution in [2.75, 3.05) is 0 Å². The van der Waals surface area contributed by atoms with Gasteiger partial charge in [-0.2, -0.15) is 0 Å². The molecule has 0 aliphatic carbocycles. The maximum Gasteiger partial charge on any atom is 0.315 e. The van der Waals surface area contributed by atoms with Gasteiger partial charge < -0.3 is 4.74 Å². The molecule has 24 heavy (non-hydrogen) atoms. The molecule has 0 bridgehead atoms. The summed E-state index contributed by atoms with van der Waals surface area (Å²) < 4.78 is 5.31. The summed E-state index contributed by atoms with van der Waals surface area (Å²) in [6.45, 7) is 0. The third-order valence-corrected chi connectivity index (χ3v) is 3.58. The van der Waals surface area contributed by atoms with E-state index >= 15 is 0 Å². The first kappa shape index (κ1) is 15.7. The van der Waals surface area contributed by atoms with Crippen molar-refractivity contribution in [3.05, 3.63) is 102 Å². The van der Waals surface area contributed by atoms with Gasteiger partial charge in [-0.1, -0.05) is 60.7 Å². The van der Waals surface area contributed by atoms with Gasteiger partial charge in [-0.15, -0.1) is 0 Å². The Bertz CT molecular complexity index is 822. The highest BCUT2D eigenvalue weighted by Crippen LogP contribution is 2.16. The van der Waals surface area contributed by atoms with Gasteiger partial charge in [0.15, 0.2) is 5.78 Å². The van der Waals surface area contributed by atoms with Crippen LogP contribution in [-0.2, 0) is 11.2 Å². The third kappa shape index (κ3) is 3.96. The predicted octanol–water partition coefficient (Wildman–Crippen LogP) is 4.07. The topological polar surface area (TPSA) is 43.4 Å². The molecule has 0 unspecified atom stereocenters. The number of carbonyl (C=O) groups excluding carboxylic acids is 2. The summed E-state index contributed by atoms with van der Waals surface area (Å²) in [5.41, 5.74) is 2.09. The number of hydrogen-bond donors (Lipinski definition) is 0. The van der Waals surface area contributed by atoms with Crippen molar-refractivity contribution in [2.24, 2.45) is 0 Å². The fourth-order valence-electron chi connectivity index (χ4n) is 2.36. The van der Waals surface area contributed by atoms with Crippen molar-refractivity contribution < 1.29 is 14.3 Å². The van der Waals surface area contributed by atoms with Gasteiger partial charge in [0, 0.05) is 11.1 Å². The normalized spacial score (nSPS) is 10.2. The van der Waals surface area contributed by atoms with Crippen molar-refractivity contribution in [2.45, 2.75) is 6.42 Å². The zero-order valence-electron chi connectivity index (χ0n) is 13.0. The van der Waals surface area contributed by atoms with E-state index in [1.54, 1.807) is 36.4 Å². The first-order chi connectivity index (χ1) is 11.7. The lowest BCUT2D eigenvalue weighted by Crippen LogP contribution is -2.11. The van der Waals surface area contributed by atoms with Crippen LogP contribution in [0.1, 0.15) is 21.5 Å². The van der Waals surface area contributed by atoms with Crippen molar-refractivity contribution in [3.63, 3.8) is 0 Å². The molecule has 118 valence electrons. The summed E-state index contributed by atoms with van der Waals surface area (Å²) in [5.74, 6) is 0.0432. The second-order valence-electron chi connectivity index (χ2n) is 5.36. The van der Waals surface area contributed by atoms with E-state index in [0.29, 0.717) is 16.9 Å². The van der Waals surface area contributed by atoms with Crippen LogP contribution in [-0.4, -0.2) is 11.8 Å². The van der Waals surface area contributed by atoms with Crippen LogP contribution in [0.2, 0.25) is 0 Å². The van der Waals surface area contributed by atoms with Gasteiger partial charge in [0.2, 0.25) is 0 Å². The van der Waals surface area contributed by atoms with E-state index in [2.05, 4.69) is 0 Å². The number of ether oxygens (including phenoxy) is 1. The Morgan fingerprint density at radius 3 is 1.83 bits per heavy atom. The van der Waals surface area contributed by atoms with Crippen molar-refractivity contribution in [3.8, 4) is 5.75 Å². The molecule has 3 aromatic carbocycles. The maximum absolute atomic E-state index is 12.3. The number of rotatable bonds is 5. The Morgan fingerprint density at radius 1 is 0.667 bits per heavy atom. The first-order valence-corrected chi connectivity index (χ1v) is 7.67. The first-order valence-electron chi connectivity index (χ1n) is 7.67. The van der Waals surface area contributed by atoms with Crippen LogP contribution in [0.3, 0.4) is 0 Å². The van der Waals surface area contributed by atoms with Crippen LogP contribution in [0.4, 0.5) is 0 Å². The molecule has 3 heteroatoms. The van der Waals surface area contributed by atoms with Crippen LogP contribution in [0.5, 0.6) is 5.75 Å². The monoisotopic (exact) mass is 316 g/mol. The number of carbonyl (C=O) groups is 2. The number of esters is 1. The molecule has 0 saturated carbocycles. The maximum atomic E-state index is 12.3. The van der Waals surface area contributed by atoms with Crippen molar-refractivity contribution >= 4 is 11.8 Å². The quantitative estimate of drug-likeness (QED) is 0.405. The van der Waals surface area contributed by atoms with Crippen molar-refractivity contribution in [1.82, 2.24) is 0 Å². The molecule has 0 aromatic heterocycles. The van der Waals surface area contributed by atoms with Gasteiger partial charge in [-0.05, 0) is 29.8 Å². The van der Waals surface area contributed by atoms with Gasteiger partial charge in [0.05, 0.1) is 6.42 Å². The van der Waals surface area contributed by atoms with E-state index in [4.69, 9.17) is 4.74 Å². The average Bonchev–Trinajstić information content (AvgIpc) is 2.63. The molecule has 0 heterocycles. The summed E-state index contributed by atoms with van der Waals surface area (Å²) in [6.07, 6.45) is 0.214. The van der Waals surface area contributed by atoms with Gasteiger partial charge in [-0.3, -0.25) is 9.59 Å². The van der Waals surface area contributed by atoms with Gasteiger partial charge in [-0.25, -0.2) is 0 Å². The zero-order chi connectivity index (χ0) is 16.8. The van der Waals surface area contributed by atoms with Crippen LogP contribution < -0.4 is 4.74 Å². The highest BCUT2D eigenvalue weighted by molar-refractivity contribution is 6.09. The summed E-state index contributed by atoms with van der Waals surface area (Å²) in [7, 11) is 0. The molecule has 0 aliphatic rings. The minimum Gasteiger partial charge on any atom is -0.426 e. The molecule has 3 aromatic rings. The second-order valence-corrected chi connectivity index (χ2v) is 5.36. The van der Waals surface area contributed by atoms with Gasteiger partial charge in [0.1, 0.15) is 5.75 Å². The molecule has 0 N–H and O–H groups in total. The smallest absolute Gasteiger partial charge is 0.315 e. The van der Waals surface area contributed by atoms with Crippen LogP contribution >= 0.6 is 0 Å². The average molecular weight is 316 g/mol. The summed E-state index contributed by atoms with van der Waals surface area (Å²) in [6, 6.07) is 25.1. The van der Waals surface area contributed by atoms with Crippen molar-refractivity contribution in [1.29, 1.82) is 0 Å². The number of benzene rings is 3. The lowest BCUT2D eigenvalue weighted by Gasteiger charge is -2.06. The molecule has 0 atom stereocenters. The molecule has 0 spiro atoms. The van der Waals surface area contributed by atoms with E-state index in [1.807, 2.05) is 48.5 Å². The molecular formula is C21H16O3. The molecule has 0 fully saturated rings. The van der Waals surface area contributed by atoms with E-state index in [9.17, 15) is 9.59 Å². The minimum absolute atomic E-state index is 0.0576. The number of hydrogen-bond acceptors (Lipinski definition) is 3. The standard InChI is InChI=1S/C21H16O3/c22-20(15-16-7-3-1-4-8-16)24-19-13-11-18(12-14-19)21(23)17-9-5-2-6-10-17/h1-14H,15H2. The Labute approximate surface area is 140 Å². The van der Waals surface area contributed by atoms with E-state index in [1.165, 1.54) is 0 Å². The Hall–Kier alpha value is -3.20. The van der Waals surface area contributed by atoms with Gasteiger partial charge >= 0.3 is 5.97 Å². The third-order valence-electron chi connectivity index (χ3n) is 3.58. The lowest BCUT2D eigenvalue weighted by atomic mass is 10.0. The zero-order valence-corrected chi connectivity index (χ0v) is 13.0. The highest BCUT2D eigenvalue weighted by Gasteiger charge is 2.10. The summed E-state index contributed by atoms with van der Waals surface area (Å²) in [4.78, 5) is 24.2. The van der Waals surface area contributed by atoms with Crippen LogP contribution in [0.15, 0.2) is 84.9 Å². The van der Waals surface area contributed by atoms with E-state index < -0.39 is 0 Å². The second kappa shape index (κ2) is 7.38. The Balaban J connectivity index is 1.64. The summed E-state index contributed by atoms with van der Waals surface area (Å²) in [5, 5.41) is 0. The molecule has 3 rings (SSSR count). The Morgan fingerprint density at radius 2 is 1.21 bits per heavy atom. The SMILES string of the molecule is O=C(Cc1ccccc1)Oc1ccc(C(=O)c2ccccc2)cc1. The molecular weight excluding hydrogens is 300 g/mol. The minimum atomic E-state index is -0.330. The Kier molecular flexibility index (Phi) is 4.82. The fraction of sp³-hybridized carbons (Fsp3) is 0.0476. The highest BCUT2D eigenvalue weighted by atomic mass is 16.5. The molecule has 0 saturated heterocycles. The van der Waals surface area contributed by atoms with E-state index in [0.717, 1.165) is 5.56 Å². The summed E-state index contributed by atoms with van der Waals surface area (Å²) >= 11 is 0. The largest absolute Gasteiger partial charge is 0.426 e. The van der Waals surface area contributed by atoms with Crippen LogP contribution in [0.25, 0.3) is 0 Å². The number of ketones is 1. The molecule has 0 amide bonds. The fourth-order valence-corrected chi connectivity index (χ4v) is 2.36. The predicted molar refractivity (Wildman–Crippen MR) is 92.1 cm³/mol. The van der Waals surface area contributed by atoms with Gasteiger partial charge in [0.25, 0.3) is 0 Å². The van der Waals surface area contributed by atoms with Crippen LogP contribution in [0, 0.1) is 0 Å². The lowest BCUT2D eigenvalue weighted by molar-refractivity contribution is -0.133. The van der Waals surface area contributed by atoms with E-state index in [-0.39, 0.29) is 18.2 Å².